The molecular formula is C24H27NO2. The van der Waals surface area contributed by atoms with Gasteiger partial charge in [-0.2, -0.15) is 0 Å². The summed E-state index contributed by atoms with van der Waals surface area (Å²) < 4.78 is 0. The molecule has 0 saturated carbocycles. The number of allylic oxidation sites excluding steroid dienone is 1. The molecule has 2 aromatic rings. The maximum Gasteiger partial charge on any atom is 0.163 e. The molecule has 1 saturated heterocycles. The molecule has 3 nitrogen and oxygen atoms in total. The van der Waals surface area contributed by atoms with Gasteiger partial charge in [-0.05, 0) is 30.2 Å². The summed E-state index contributed by atoms with van der Waals surface area (Å²) in [5.41, 5.74) is 0.881. The molecule has 1 aliphatic heterocycles. The van der Waals surface area contributed by atoms with Crippen molar-refractivity contribution in [2.24, 2.45) is 5.92 Å². The van der Waals surface area contributed by atoms with E-state index in [1.54, 1.807) is 6.08 Å². The van der Waals surface area contributed by atoms with Crippen LogP contribution in [-0.4, -0.2) is 41.0 Å². The van der Waals surface area contributed by atoms with Crippen molar-refractivity contribution in [2.75, 3.05) is 19.6 Å². The van der Waals surface area contributed by atoms with Crippen molar-refractivity contribution in [3.8, 4) is 0 Å². The van der Waals surface area contributed by atoms with Crippen molar-refractivity contribution in [1.29, 1.82) is 0 Å². The fraction of sp³-hybridized carbons (Fsp3) is 0.292. The fourth-order valence-electron chi connectivity index (χ4n) is 3.51. The molecule has 3 heteroatoms. The Hall–Kier alpha value is -2.49. The lowest BCUT2D eigenvalue weighted by Crippen LogP contribution is -2.53. The van der Waals surface area contributed by atoms with E-state index >= 15 is 0 Å². The summed E-state index contributed by atoms with van der Waals surface area (Å²) >= 11 is 0. The van der Waals surface area contributed by atoms with Crippen molar-refractivity contribution in [1.82, 2.24) is 4.90 Å². The number of nitrogens with zero attached hydrogens (tertiary/aromatic N) is 1. The summed E-state index contributed by atoms with van der Waals surface area (Å²) in [5.74, 6) is -0.497. The highest BCUT2D eigenvalue weighted by molar-refractivity contribution is 5.96. The first kappa shape index (κ1) is 19.3. The normalized spacial score (nSPS) is 23.9. The van der Waals surface area contributed by atoms with E-state index in [0.29, 0.717) is 13.0 Å². The second-order valence-electron chi connectivity index (χ2n) is 7.08. The van der Waals surface area contributed by atoms with E-state index in [4.69, 9.17) is 0 Å². The van der Waals surface area contributed by atoms with Gasteiger partial charge < -0.3 is 10.0 Å². The Balaban J connectivity index is 1.81. The number of carbonyl (C=O) groups is 1. The van der Waals surface area contributed by atoms with E-state index < -0.39 is 11.5 Å². The molecule has 0 spiro atoms. The van der Waals surface area contributed by atoms with Crippen molar-refractivity contribution in [3.05, 3.63) is 83.9 Å². The molecule has 1 aliphatic rings. The van der Waals surface area contributed by atoms with E-state index in [-0.39, 0.29) is 5.78 Å². The first-order chi connectivity index (χ1) is 13.1. The van der Waals surface area contributed by atoms with Crippen LogP contribution in [0.15, 0.2) is 72.8 Å². The van der Waals surface area contributed by atoms with Crippen LogP contribution < -0.4 is 0 Å². The minimum atomic E-state index is -1.13. The molecule has 3 rings (SSSR count). The van der Waals surface area contributed by atoms with Gasteiger partial charge in [-0.15, -0.1) is 0 Å². The van der Waals surface area contributed by atoms with Gasteiger partial charge in [-0.25, -0.2) is 0 Å². The molecule has 2 atom stereocenters. The highest BCUT2D eigenvalue weighted by atomic mass is 16.3. The third kappa shape index (κ3) is 5.03. The number of hydrogen-bond donors (Lipinski definition) is 1. The van der Waals surface area contributed by atoms with Crippen molar-refractivity contribution >= 4 is 17.9 Å². The Kier molecular flexibility index (Phi) is 6.38. The topological polar surface area (TPSA) is 40.5 Å². The smallest absolute Gasteiger partial charge is 0.163 e. The summed E-state index contributed by atoms with van der Waals surface area (Å²) in [4.78, 5) is 15.2. The first-order valence-corrected chi connectivity index (χ1v) is 9.57. The number of aliphatic hydroxyl groups is 1. The molecule has 0 aliphatic carbocycles. The average molecular weight is 361 g/mol. The third-order valence-corrected chi connectivity index (χ3v) is 5.27. The lowest BCUT2D eigenvalue weighted by molar-refractivity contribution is -0.129. The van der Waals surface area contributed by atoms with Gasteiger partial charge in [-0.3, -0.25) is 4.79 Å². The van der Waals surface area contributed by atoms with Gasteiger partial charge in [0.05, 0.1) is 11.5 Å². The Morgan fingerprint density at radius 1 is 1.07 bits per heavy atom. The number of likely N-dealkylation sites (tertiary alicyclic amines) is 1. The number of hydrogen-bond acceptors (Lipinski definition) is 3. The van der Waals surface area contributed by atoms with Crippen LogP contribution in [0, 0.1) is 5.92 Å². The Morgan fingerprint density at radius 3 is 2.26 bits per heavy atom. The summed E-state index contributed by atoms with van der Waals surface area (Å²) in [5, 5.41) is 11.3. The van der Waals surface area contributed by atoms with Crippen molar-refractivity contribution in [2.45, 2.75) is 18.9 Å². The molecule has 1 N–H and O–H groups in total. The van der Waals surface area contributed by atoms with Crippen LogP contribution in [0.1, 0.15) is 24.5 Å². The zero-order valence-electron chi connectivity index (χ0n) is 15.8. The fourth-order valence-corrected chi connectivity index (χ4v) is 3.51. The van der Waals surface area contributed by atoms with Gasteiger partial charge >= 0.3 is 0 Å². The van der Waals surface area contributed by atoms with Crippen LogP contribution >= 0.6 is 0 Å². The van der Waals surface area contributed by atoms with Crippen LogP contribution in [0.25, 0.3) is 12.2 Å². The van der Waals surface area contributed by atoms with Crippen LogP contribution in [0.3, 0.4) is 0 Å². The van der Waals surface area contributed by atoms with Gasteiger partial charge in [0.2, 0.25) is 0 Å². The maximum atomic E-state index is 13.0. The second-order valence-corrected chi connectivity index (χ2v) is 7.08. The lowest BCUT2D eigenvalue weighted by atomic mass is 9.77. The zero-order valence-corrected chi connectivity index (χ0v) is 15.8. The molecule has 1 heterocycles. The minimum Gasteiger partial charge on any atom is -0.385 e. The predicted molar refractivity (Wildman–Crippen MR) is 111 cm³/mol. The largest absolute Gasteiger partial charge is 0.385 e. The number of benzene rings is 2. The first-order valence-electron chi connectivity index (χ1n) is 9.57. The van der Waals surface area contributed by atoms with E-state index in [1.165, 1.54) is 0 Å². The monoisotopic (exact) mass is 361 g/mol. The Morgan fingerprint density at radius 2 is 1.67 bits per heavy atom. The number of ketones is 1. The predicted octanol–water partition coefficient (Wildman–Crippen LogP) is 4.06. The van der Waals surface area contributed by atoms with Crippen molar-refractivity contribution < 1.29 is 9.90 Å². The van der Waals surface area contributed by atoms with E-state index in [9.17, 15) is 9.90 Å². The molecule has 0 amide bonds. The number of piperidine rings is 1. The van der Waals surface area contributed by atoms with Crippen molar-refractivity contribution in [3.63, 3.8) is 0 Å². The quantitative estimate of drug-likeness (QED) is 0.789. The molecule has 1 fully saturated rings. The SMILES string of the molecule is CCN1CCC(O)(/C=C/c2ccccc2)C(C(=O)/C=C/c2ccccc2)C1. The zero-order chi connectivity index (χ0) is 19.1. The molecule has 27 heavy (non-hydrogen) atoms. The van der Waals surface area contributed by atoms with E-state index in [0.717, 1.165) is 24.2 Å². The van der Waals surface area contributed by atoms with E-state index in [1.807, 2.05) is 78.9 Å². The Labute approximate surface area is 161 Å². The molecule has 140 valence electrons. The summed E-state index contributed by atoms with van der Waals surface area (Å²) in [6.45, 7) is 4.33. The molecule has 0 aromatic heterocycles. The summed E-state index contributed by atoms with van der Waals surface area (Å²) in [6, 6.07) is 19.7. The van der Waals surface area contributed by atoms with Crippen LogP contribution in [-0.2, 0) is 4.79 Å². The highest BCUT2D eigenvalue weighted by Gasteiger charge is 2.42. The average Bonchev–Trinajstić information content (AvgIpc) is 2.72. The molecule has 2 unspecified atom stereocenters. The molecular weight excluding hydrogens is 334 g/mol. The minimum absolute atomic E-state index is 0.0304. The molecule has 0 radical (unpaired) electrons. The van der Waals surface area contributed by atoms with Gasteiger partial charge in [0.1, 0.15) is 0 Å². The highest BCUT2D eigenvalue weighted by Crippen LogP contribution is 2.31. The van der Waals surface area contributed by atoms with Crippen LogP contribution in [0.4, 0.5) is 0 Å². The lowest BCUT2D eigenvalue weighted by Gasteiger charge is -2.41. The van der Waals surface area contributed by atoms with Gasteiger partial charge in [0.25, 0.3) is 0 Å². The van der Waals surface area contributed by atoms with Gasteiger partial charge in [0.15, 0.2) is 5.78 Å². The maximum absolute atomic E-state index is 13.0. The van der Waals surface area contributed by atoms with Gasteiger partial charge in [-0.1, -0.05) is 85.8 Å². The van der Waals surface area contributed by atoms with Gasteiger partial charge in [0, 0.05) is 13.1 Å². The van der Waals surface area contributed by atoms with Crippen LogP contribution in [0.5, 0.6) is 0 Å². The standard InChI is InChI=1S/C24H27NO2/c1-2-25-18-17-24(27,16-15-21-11-7-4-8-12-21)22(19-25)23(26)14-13-20-9-5-3-6-10-20/h3-16,22,27H,2,17-19H2,1H3/b14-13+,16-15+. The van der Waals surface area contributed by atoms with E-state index in [2.05, 4.69) is 11.8 Å². The number of carbonyl (C=O) groups excluding carboxylic acids is 1. The molecule has 0 bridgehead atoms. The molecule has 2 aromatic carbocycles. The Bertz CT molecular complexity index is 798. The summed E-state index contributed by atoms with van der Waals surface area (Å²) in [7, 11) is 0. The summed E-state index contributed by atoms with van der Waals surface area (Å²) in [6.07, 6.45) is 7.73. The van der Waals surface area contributed by atoms with Crippen LogP contribution in [0.2, 0.25) is 0 Å². The second kappa shape index (κ2) is 8.94. The third-order valence-electron chi connectivity index (χ3n) is 5.27. The number of rotatable bonds is 6.